The zero-order valence-electron chi connectivity index (χ0n) is 17.5. The number of hydrogen-bond acceptors (Lipinski definition) is 6. The van der Waals surface area contributed by atoms with Gasteiger partial charge in [-0.25, -0.2) is 12.7 Å². The van der Waals surface area contributed by atoms with Crippen LogP contribution < -0.4 is 4.74 Å². The molecule has 0 aliphatic carbocycles. The van der Waals surface area contributed by atoms with Crippen LogP contribution in [0.2, 0.25) is 0 Å². The number of methoxy groups -OCH3 is 2. The number of sulfonamides is 1. The van der Waals surface area contributed by atoms with E-state index >= 15 is 0 Å². The number of nitrogens with zero attached hydrogens (tertiary/aromatic N) is 2. The van der Waals surface area contributed by atoms with Gasteiger partial charge >= 0.3 is 5.97 Å². The average molecular weight is 435 g/mol. The molecule has 0 N–H and O–H groups in total. The van der Waals surface area contributed by atoms with Crippen LogP contribution in [0, 0.1) is 0 Å². The Kier molecular flexibility index (Phi) is 7.96. The number of rotatable bonds is 9. The third-order valence-corrected chi connectivity index (χ3v) is 6.32. The van der Waals surface area contributed by atoms with Gasteiger partial charge in [0, 0.05) is 32.7 Å². The molecule has 0 aromatic heterocycles. The summed E-state index contributed by atoms with van der Waals surface area (Å²) in [5, 5.41) is 0. The molecule has 30 heavy (non-hydrogen) atoms. The molecular formula is C21H26N2O6S. The molecule has 2 aromatic rings. The predicted molar refractivity (Wildman–Crippen MR) is 112 cm³/mol. The van der Waals surface area contributed by atoms with Gasteiger partial charge in [-0.1, -0.05) is 30.3 Å². The number of ether oxygens (including phenoxy) is 2. The van der Waals surface area contributed by atoms with Crippen molar-refractivity contribution in [2.24, 2.45) is 0 Å². The van der Waals surface area contributed by atoms with Gasteiger partial charge in [-0.3, -0.25) is 9.59 Å². The second-order valence-electron chi connectivity index (χ2n) is 6.69. The van der Waals surface area contributed by atoms with E-state index in [1.165, 1.54) is 51.4 Å². The van der Waals surface area contributed by atoms with Crippen LogP contribution in [0.1, 0.15) is 22.3 Å². The zero-order chi connectivity index (χ0) is 22.3. The molecule has 162 valence electrons. The predicted octanol–water partition coefficient (Wildman–Crippen LogP) is 2.15. The van der Waals surface area contributed by atoms with E-state index in [9.17, 15) is 18.0 Å². The van der Waals surface area contributed by atoms with Crippen LogP contribution >= 0.6 is 0 Å². The molecule has 0 spiro atoms. The van der Waals surface area contributed by atoms with Gasteiger partial charge in [-0.05, 0) is 23.8 Å². The third-order valence-electron chi connectivity index (χ3n) is 4.49. The number of hydrogen-bond donors (Lipinski definition) is 0. The zero-order valence-corrected chi connectivity index (χ0v) is 18.3. The molecule has 9 heteroatoms. The highest BCUT2D eigenvalue weighted by molar-refractivity contribution is 7.89. The van der Waals surface area contributed by atoms with E-state index in [4.69, 9.17) is 4.74 Å². The van der Waals surface area contributed by atoms with Gasteiger partial charge in [0.15, 0.2) is 0 Å². The minimum absolute atomic E-state index is 0.0219. The summed E-state index contributed by atoms with van der Waals surface area (Å²) in [4.78, 5) is 26.2. The maximum atomic E-state index is 13.2. The summed E-state index contributed by atoms with van der Waals surface area (Å²) in [5.74, 6) is -0.698. The monoisotopic (exact) mass is 434 g/mol. The molecule has 0 saturated carbocycles. The number of amides is 1. The Morgan fingerprint density at radius 1 is 1.00 bits per heavy atom. The van der Waals surface area contributed by atoms with E-state index in [2.05, 4.69) is 4.74 Å². The van der Waals surface area contributed by atoms with Gasteiger partial charge < -0.3 is 14.4 Å². The van der Waals surface area contributed by atoms with E-state index < -0.39 is 21.9 Å². The van der Waals surface area contributed by atoms with Crippen LogP contribution in [-0.2, 0) is 26.1 Å². The van der Waals surface area contributed by atoms with Crippen LogP contribution in [-0.4, -0.2) is 64.4 Å². The number of carbonyl (C=O) groups excluding carboxylic acids is 2. The van der Waals surface area contributed by atoms with Crippen molar-refractivity contribution in [2.45, 2.75) is 17.9 Å². The molecule has 0 aliphatic rings. The fourth-order valence-electron chi connectivity index (χ4n) is 2.78. The second kappa shape index (κ2) is 10.2. The summed E-state index contributed by atoms with van der Waals surface area (Å²) in [6.07, 6.45) is 0.0219. The van der Waals surface area contributed by atoms with Crippen molar-refractivity contribution >= 4 is 21.9 Å². The summed E-state index contributed by atoms with van der Waals surface area (Å²) < 4.78 is 36.2. The molecule has 0 saturated heterocycles. The molecule has 0 heterocycles. The second-order valence-corrected chi connectivity index (χ2v) is 8.81. The normalized spacial score (nSPS) is 11.2. The molecule has 0 bridgehead atoms. The first-order valence-electron chi connectivity index (χ1n) is 9.21. The van der Waals surface area contributed by atoms with E-state index in [0.717, 1.165) is 9.87 Å². The molecule has 2 rings (SSSR count). The first-order valence-corrected chi connectivity index (χ1v) is 10.6. The average Bonchev–Trinajstić information content (AvgIpc) is 2.75. The van der Waals surface area contributed by atoms with Crippen LogP contribution in [0.3, 0.4) is 0 Å². The molecular weight excluding hydrogens is 408 g/mol. The fourth-order valence-corrected chi connectivity index (χ4v) is 3.85. The van der Waals surface area contributed by atoms with Gasteiger partial charge in [0.25, 0.3) is 5.91 Å². The number of esters is 1. The molecule has 0 atom stereocenters. The Balaban J connectivity index is 2.41. The van der Waals surface area contributed by atoms with E-state index in [-0.39, 0.29) is 35.7 Å². The van der Waals surface area contributed by atoms with Crippen molar-refractivity contribution in [3.8, 4) is 5.75 Å². The lowest BCUT2D eigenvalue weighted by atomic mass is 10.1. The Morgan fingerprint density at radius 2 is 1.67 bits per heavy atom. The highest BCUT2D eigenvalue weighted by Gasteiger charge is 2.25. The van der Waals surface area contributed by atoms with Gasteiger partial charge in [0.05, 0.1) is 20.6 Å². The Hall–Kier alpha value is -2.91. The van der Waals surface area contributed by atoms with E-state index in [0.29, 0.717) is 0 Å². The van der Waals surface area contributed by atoms with E-state index in [1.54, 1.807) is 0 Å². The molecule has 0 aliphatic heterocycles. The maximum Gasteiger partial charge on any atom is 0.307 e. The first-order chi connectivity index (χ1) is 14.2. The lowest BCUT2D eigenvalue weighted by molar-refractivity contribution is -0.140. The standard InChI is InChI=1S/C21H26N2O6S/c1-22(2)30(26,27)19-14-17(10-11-18(19)28-3)21(25)23(13-12-20(24)29-4)15-16-8-6-5-7-9-16/h5-11,14H,12-13,15H2,1-4H3. The fraction of sp³-hybridized carbons (Fsp3) is 0.333. The SMILES string of the molecule is COC(=O)CCN(Cc1ccccc1)C(=O)c1ccc(OC)c(S(=O)(=O)N(C)C)c1. The largest absolute Gasteiger partial charge is 0.495 e. The van der Waals surface area contributed by atoms with Crippen molar-refractivity contribution in [2.75, 3.05) is 34.9 Å². The van der Waals surface area contributed by atoms with Gasteiger partial charge in [0.1, 0.15) is 10.6 Å². The lowest BCUT2D eigenvalue weighted by Crippen LogP contribution is -2.33. The van der Waals surface area contributed by atoms with Crippen molar-refractivity contribution < 1.29 is 27.5 Å². The van der Waals surface area contributed by atoms with Crippen LogP contribution in [0.4, 0.5) is 0 Å². The van der Waals surface area contributed by atoms with E-state index in [1.807, 2.05) is 30.3 Å². The minimum atomic E-state index is -3.83. The molecule has 0 fully saturated rings. The van der Waals surface area contributed by atoms with Crippen molar-refractivity contribution in [3.05, 3.63) is 59.7 Å². The quantitative estimate of drug-likeness (QED) is 0.562. The van der Waals surface area contributed by atoms with Crippen molar-refractivity contribution in [1.29, 1.82) is 0 Å². The maximum absolute atomic E-state index is 13.2. The summed E-state index contributed by atoms with van der Waals surface area (Å²) in [7, 11) is 1.63. The van der Waals surface area contributed by atoms with Gasteiger partial charge in [0.2, 0.25) is 10.0 Å². The molecule has 0 radical (unpaired) electrons. The molecule has 2 aromatic carbocycles. The summed E-state index contributed by atoms with van der Waals surface area (Å²) in [5.41, 5.74) is 1.06. The highest BCUT2D eigenvalue weighted by Crippen LogP contribution is 2.27. The molecule has 1 amide bonds. The number of benzene rings is 2. The minimum Gasteiger partial charge on any atom is -0.495 e. The first kappa shape index (κ1) is 23.4. The summed E-state index contributed by atoms with van der Waals surface area (Å²) in [6, 6.07) is 13.6. The topological polar surface area (TPSA) is 93.2 Å². The molecule has 8 nitrogen and oxygen atoms in total. The Morgan fingerprint density at radius 3 is 2.23 bits per heavy atom. The Bertz CT molecular complexity index is 990. The Labute approximate surface area is 177 Å². The smallest absolute Gasteiger partial charge is 0.307 e. The highest BCUT2D eigenvalue weighted by atomic mass is 32.2. The van der Waals surface area contributed by atoms with Crippen LogP contribution in [0.5, 0.6) is 5.75 Å². The van der Waals surface area contributed by atoms with Gasteiger partial charge in [-0.2, -0.15) is 0 Å². The van der Waals surface area contributed by atoms with Crippen LogP contribution in [0.15, 0.2) is 53.4 Å². The number of carbonyl (C=O) groups is 2. The van der Waals surface area contributed by atoms with Crippen molar-refractivity contribution in [3.63, 3.8) is 0 Å². The van der Waals surface area contributed by atoms with Gasteiger partial charge in [-0.15, -0.1) is 0 Å². The lowest BCUT2D eigenvalue weighted by Gasteiger charge is -2.23. The summed E-state index contributed by atoms with van der Waals surface area (Å²) >= 11 is 0. The molecule has 0 unspecified atom stereocenters. The van der Waals surface area contributed by atoms with Crippen molar-refractivity contribution in [1.82, 2.24) is 9.21 Å². The third kappa shape index (κ3) is 5.58. The van der Waals surface area contributed by atoms with Crippen LogP contribution in [0.25, 0.3) is 0 Å². The summed E-state index contributed by atoms with van der Waals surface area (Å²) in [6.45, 7) is 0.390.